The van der Waals surface area contributed by atoms with Crippen LogP contribution in [-0.4, -0.2) is 92.5 Å². The predicted molar refractivity (Wildman–Crippen MR) is 217 cm³/mol. The molecule has 18 heteroatoms. The van der Waals surface area contributed by atoms with E-state index in [-0.39, 0.29) is 74.3 Å². The maximum atomic E-state index is 13.3. The Hall–Kier alpha value is -4.78. The number of pyridine rings is 1. The summed E-state index contributed by atoms with van der Waals surface area (Å²) in [6, 6.07) is 23.7. The lowest BCUT2D eigenvalue weighted by Gasteiger charge is -2.33. The van der Waals surface area contributed by atoms with Crippen molar-refractivity contribution in [2.45, 2.75) is 81.8 Å². The number of aromatic nitrogens is 1. The molecule has 0 atom stereocenters. The van der Waals surface area contributed by atoms with E-state index in [1.807, 2.05) is 81.4 Å². The number of piperidine rings is 2. The second kappa shape index (κ2) is 19.5. The van der Waals surface area contributed by atoms with Gasteiger partial charge < -0.3 is 19.3 Å². The molecule has 3 aromatic carbocycles. The number of amides is 2. The van der Waals surface area contributed by atoms with Crippen LogP contribution in [0.25, 0.3) is 10.9 Å². The summed E-state index contributed by atoms with van der Waals surface area (Å²) in [6.45, 7) is 6.84. The highest BCUT2D eigenvalue weighted by Crippen LogP contribution is 2.36. The van der Waals surface area contributed by atoms with Crippen LogP contribution in [0.15, 0.2) is 91.1 Å². The summed E-state index contributed by atoms with van der Waals surface area (Å²) in [7, 11) is -6.94. The van der Waals surface area contributed by atoms with Crippen LogP contribution < -0.4 is 14.2 Å². The summed E-state index contributed by atoms with van der Waals surface area (Å²) in [5.74, 6) is -0.243. The van der Waals surface area contributed by atoms with Crippen LogP contribution in [0.3, 0.4) is 0 Å². The molecule has 2 saturated heterocycles. The minimum atomic E-state index is -4.57. The van der Waals surface area contributed by atoms with E-state index < -0.39 is 47.9 Å². The van der Waals surface area contributed by atoms with Gasteiger partial charge in [-0.15, -0.1) is 0 Å². The lowest BCUT2D eigenvalue weighted by atomic mass is 10.1. The zero-order valence-electron chi connectivity index (χ0n) is 33.2. The Morgan fingerprint density at radius 1 is 0.712 bits per heavy atom. The molecule has 2 aliphatic rings. The summed E-state index contributed by atoms with van der Waals surface area (Å²) in [4.78, 5) is 31.6. The molecule has 0 unspecified atom stereocenters. The molecule has 13 nitrogen and oxygen atoms in total. The van der Waals surface area contributed by atoms with E-state index in [1.165, 1.54) is 29.3 Å². The van der Waals surface area contributed by atoms with Gasteiger partial charge in [-0.25, -0.2) is 31.1 Å². The van der Waals surface area contributed by atoms with Crippen LogP contribution >= 0.6 is 0 Å². The van der Waals surface area contributed by atoms with Gasteiger partial charge in [0, 0.05) is 50.9 Å². The number of hydrogen-bond acceptors (Lipinski definition) is 9. The Kier molecular flexibility index (Phi) is 15.0. The van der Waals surface area contributed by atoms with Crippen LogP contribution in [0, 0.1) is 0 Å². The van der Waals surface area contributed by atoms with Crippen molar-refractivity contribution >= 4 is 42.9 Å². The van der Waals surface area contributed by atoms with Crippen LogP contribution in [0.4, 0.5) is 18.0 Å². The molecule has 0 saturated carbocycles. The first-order valence-corrected chi connectivity index (χ1v) is 22.3. The summed E-state index contributed by atoms with van der Waals surface area (Å²) in [5.41, 5.74) is 0.103. The number of nitrogens with zero attached hydrogens (tertiary/aromatic N) is 3. The van der Waals surface area contributed by atoms with Gasteiger partial charge >= 0.3 is 12.3 Å². The van der Waals surface area contributed by atoms with Crippen LogP contribution in [-0.2, 0) is 48.8 Å². The quantitative estimate of drug-likeness (QED) is 0.178. The Balaban J connectivity index is 0.000000241. The number of para-hydroxylation sites is 1. The number of carbonyl (C=O) groups is 2. The Bertz CT molecular complexity index is 2240. The molecule has 2 aliphatic heterocycles. The highest BCUT2D eigenvalue weighted by atomic mass is 32.2. The number of halogens is 3. The molecule has 0 radical (unpaired) electrons. The number of ether oxygens (including phenoxy) is 2. The maximum absolute atomic E-state index is 13.3. The first-order valence-electron chi connectivity index (χ1n) is 19.2. The third-order valence-electron chi connectivity index (χ3n) is 9.79. The van der Waals surface area contributed by atoms with E-state index in [0.717, 1.165) is 17.2 Å². The largest absolute Gasteiger partial charge is 0.483 e. The second-order valence-electron chi connectivity index (χ2n) is 15.2. The van der Waals surface area contributed by atoms with Crippen molar-refractivity contribution in [3.8, 4) is 5.75 Å². The van der Waals surface area contributed by atoms with Gasteiger partial charge in [0.15, 0.2) is 6.61 Å². The number of carbonyl (C=O) groups excluding carboxylic acids is 2. The number of hydrogen-bond donors (Lipinski definition) is 2. The van der Waals surface area contributed by atoms with Crippen molar-refractivity contribution in [1.29, 1.82) is 0 Å². The van der Waals surface area contributed by atoms with Crippen molar-refractivity contribution in [3.05, 3.63) is 108 Å². The van der Waals surface area contributed by atoms with Gasteiger partial charge in [-0.2, -0.15) is 13.2 Å². The number of fused-ring (bicyclic) bond motifs is 1. The minimum Gasteiger partial charge on any atom is -0.483 e. The number of nitrogens with one attached hydrogen (secondary N) is 2. The molecule has 0 aliphatic carbocycles. The third-order valence-corrected chi connectivity index (χ3v) is 13.6. The van der Waals surface area contributed by atoms with E-state index in [9.17, 15) is 39.6 Å². The van der Waals surface area contributed by atoms with E-state index >= 15 is 0 Å². The average Bonchev–Trinajstić information content (AvgIpc) is 3.21. The fraction of sp³-hybridized carbons (Fsp3) is 0.439. The molecule has 320 valence electrons. The zero-order chi connectivity index (χ0) is 42.8. The number of benzene rings is 3. The van der Waals surface area contributed by atoms with E-state index in [0.29, 0.717) is 25.9 Å². The lowest BCUT2D eigenvalue weighted by molar-refractivity contribution is -0.136. The average molecular weight is 862 g/mol. The number of sulfonamides is 2. The highest BCUT2D eigenvalue weighted by Gasteiger charge is 2.35. The maximum Gasteiger partial charge on any atom is 0.418 e. The highest BCUT2D eigenvalue weighted by molar-refractivity contribution is 7.90. The van der Waals surface area contributed by atoms with Crippen molar-refractivity contribution in [3.63, 3.8) is 0 Å². The Labute approximate surface area is 343 Å². The predicted octanol–water partition coefficient (Wildman–Crippen LogP) is 6.25. The molecular formula is C41H50F3N5O8S2. The Morgan fingerprint density at radius 3 is 1.68 bits per heavy atom. The molecule has 0 spiro atoms. The normalized spacial score (nSPS) is 16.0. The SMILES string of the molecule is CC(C)(C)OC(=O)N1CCC(S(=O)(=O)NCc2ccccc2)CC1.O=C(COc1ccnc2c(C(F)(F)F)cccc12)N1CCC(S(=O)(=O)NCc2ccccc2)CC1. The van der Waals surface area contributed by atoms with Gasteiger partial charge in [0.2, 0.25) is 20.0 Å². The first-order chi connectivity index (χ1) is 27.8. The van der Waals surface area contributed by atoms with Gasteiger partial charge in [0.25, 0.3) is 5.91 Å². The number of likely N-dealkylation sites (tertiary alicyclic amines) is 2. The van der Waals surface area contributed by atoms with Gasteiger partial charge in [0.1, 0.15) is 11.4 Å². The van der Waals surface area contributed by atoms with Gasteiger partial charge in [-0.3, -0.25) is 9.78 Å². The first kappa shape index (κ1) is 45.3. The molecule has 3 heterocycles. The second-order valence-corrected chi connectivity index (χ2v) is 19.3. The number of alkyl halides is 3. The third kappa shape index (κ3) is 13.1. The van der Waals surface area contributed by atoms with Gasteiger partial charge in [-0.05, 0) is 75.8 Å². The topological polar surface area (TPSA) is 164 Å². The molecular weight excluding hydrogens is 812 g/mol. The minimum absolute atomic E-state index is 0.122. The van der Waals surface area contributed by atoms with Crippen molar-refractivity contribution < 1.29 is 49.1 Å². The monoisotopic (exact) mass is 861 g/mol. The lowest BCUT2D eigenvalue weighted by Crippen LogP contribution is -2.46. The standard InChI is InChI=1S/C24H24F3N3O4S.C17H26N2O4S/c25-24(26,27)20-8-4-7-19-21(9-12-28-23(19)20)34-16-22(31)30-13-10-18(11-14-30)35(32,33)29-15-17-5-2-1-3-6-17;1-17(2,3)23-16(20)19-11-9-15(10-12-19)24(21,22)18-13-14-7-5-4-6-8-14/h1-9,12,18,29H,10-11,13-16H2;4-8,15,18H,9-13H2,1-3H3. The number of rotatable bonds is 11. The molecule has 59 heavy (non-hydrogen) atoms. The molecule has 1 aromatic heterocycles. The van der Waals surface area contributed by atoms with Gasteiger partial charge in [0.05, 0.1) is 21.6 Å². The summed E-state index contributed by atoms with van der Waals surface area (Å²) < 4.78 is 106. The molecule has 2 fully saturated rings. The summed E-state index contributed by atoms with van der Waals surface area (Å²) in [5, 5.41) is -0.926. The van der Waals surface area contributed by atoms with Crippen LogP contribution in [0.2, 0.25) is 0 Å². The van der Waals surface area contributed by atoms with Crippen molar-refractivity contribution in [1.82, 2.24) is 24.2 Å². The van der Waals surface area contributed by atoms with E-state index in [4.69, 9.17) is 9.47 Å². The van der Waals surface area contributed by atoms with Crippen LogP contribution in [0.1, 0.15) is 63.1 Å². The molecule has 2 amide bonds. The fourth-order valence-corrected chi connectivity index (χ4v) is 9.49. The summed E-state index contributed by atoms with van der Waals surface area (Å²) >= 11 is 0. The summed E-state index contributed by atoms with van der Waals surface area (Å²) in [6.07, 6.45) is -2.34. The van der Waals surface area contributed by atoms with Crippen LogP contribution in [0.5, 0.6) is 5.75 Å². The molecule has 6 rings (SSSR count). The molecule has 4 aromatic rings. The zero-order valence-corrected chi connectivity index (χ0v) is 34.8. The molecule has 2 N–H and O–H groups in total. The van der Waals surface area contributed by atoms with Crippen molar-refractivity contribution in [2.24, 2.45) is 0 Å². The Morgan fingerprint density at radius 2 is 1.20 bits per heavy atom. The van der Waals surface area contributed by atoms with E-state index in [2.05, 4.69) is 14.4 Å². The van der Waals surface area contributed by atoms with Gasteiger partial charge in [-0.1, -0.05) is 66.7 Å². The smallest absolute Gasteiger partial charge is 0.418 e. The van der Waals surface area contributed by atoms with E-state index in [1.54, 1.807) is 4.90 Å². The van der Waals surface area contributed by atoms with Crippen molar-refractivity contribution in [2.75, 3.05) is 32.8 Å². The fourth-order valence-electron chi connectivity index (χ4n) is 6.62. The molecule has 0 bridgehead atoms.